The van der Waals surface area contributed by atoms with E-state index in [2.05, 4.69) is 9.83 Å². The third-order valence-electron chi connectivity index (χ3n) is 6.83. The van der Waals surface area contributed by atoms with Crippen LogP contribution in [0.2, 0.25) is 0 Å². The number of aromatic nitrogens is 1. The Labute approximate surface area is 220 Å². The van der Waals surface area contributed by atoms with Crippen LogP contribution in [0.5, 0.6) is 5.75 Å². The second-order valence-electron chi connectivity index (χ2n) is 9.95. The molecule has 1 aliphatic rings. The Morgan fingerprint density at radius 3 is 2.45 bits per heavy atom. The molecule has 2 atom stereocenters. The lowest BCUT2D eigenvalue weighted by atomic mass is 9.92. The monoisotopic (exact) mass is 513 g/mol. The number of nitrogens with zero attached hydrogens (tertiary/aromatic N) is 3. The molecule has 4 aromatic rings. The van der Waals surface area contributed by atoms with E-state index in [-0.39, 0.29) is 35.3 Å². The minimum atomic E-state index is -0.600. The van der Waals surface area contributed by atoms with Gasteiger partial charge >= 0.3 is 0 Å². The van der Waals surface area contributed by atoms with Gasteiger partial charge in [-0.2, -0.15) is 0 Å². The Kier molecular flexibility index (Phi) is 6.87. The number of hydrogen-bond donors (Lipinski definition) is 0. The molecule has 0 N–H and O–H groups in total. The highest BCUT2D eigenvalue weighted by molar-refractivity contribution is 5.95. The van der Waals surface area contributed by atoms with Gasteiger partial charge in [0.05, 0.1) is 19.8 Å². The second kappa shape index (κ2) is 10.3. The summed E-state index contributed by atoms with van der Waals surface area (Å²) < 4.78 is 33.3. The first-order valence-corrected chi connectivity index (χ1v) is 12.4. The van der Waals surface area contributed by atoms with Crippen molar-refractivity contribution >= 4 is 22.7 Å². The highest BCUT2D eigenvalue weighted by Crippen LogP contribution is 2.41. The van der Waals surface area contributed by atoms with Crippen LogP contribution in [0, 0.1) is 24.2 Å². The molecule has 0 radical (unpaired) electrons. The molecule has 5 rings (SSSR count). The van der Waals surface area contributed by atoms with E-state index < -0.39 is 5.82 Å². The molecule has 0 spiro atoms. The average molecular weight is 514 g/mol. The number of carbonyl (C=O) groups is 1. The van der Waals surface area contributed by atoms with Crippen LogP contribution in [0.25, 0.3) is 38.4 Å². The van der Waals surface area contributed by atoms with Gasteiger partial charge in [-0.3, -0.25) is 9.78 Å². The van der Waals surface area contributed by atoms with Crippen LogP contribution in [-0.2, 0) is 4.74 Å². The van der Waals surface area contributed by atoms with E-state index in [9.17, 15) is 4.79 Å². The topological polar surface area (TPSA) is 69.2 Å². The molecule has 7 nitrogen and oxygen atoms in total. The highest BCUT2D eigenvalue weighted by Gasteiger charge is 2.32. The molecule has 2 aromatic carbocycles. The van der Waals surface area contributed by atoms with Crippen molar-refractivity contribution in [2.75, 3.05) is 27.3 Å². The number of rotatable bonds is 5. The van der Waals surface area contributed by atoms with Crippen LogP contribution in [0.1, 0.15) is 24.2 Å². The maximum Gasteiger partial charge on any atom is 0.253 e. The van der Waals surface area contributed by atoms with Crippen LogP contribution >= 0.6 is 0 Å². The van der Waals surface area contributed by atoms with Gasteiger partial charge in [0.1, 0.15) is 17.4 Å². The quantitative estimate of drug-likeness (QED) is 0.281. The highest BCUT2D eigenvalue weighted by atomic mass is 19.1. The van der Waals surface area contributed by atoms with Crippen molar-refractivity contribution in [2.45, 2.75) is 20.0 Å². The fourth-order valence-corrected chi connectivity index (χ4v) is 4.84. The number of hydrogen-bond acceptors (Lipinski definition) is 5. The van der Waals surface area contributed by atoms with Crippen molar-refractivity contribution in [2.24, 2.45) is 11.8 Å². The third-order valence-corrected chi connectivity index (χ3v) is 6.83. The molecule has 1 fully saturated rings. The summed E-state index contributed by atoms with van der Waals surface area (Å²) in [5, 5.41) is 0. The van der Waals surface area contributed by atoms with E-state index in [1.54, 1.807) is 50.6 Å². The first kappa shape index (κ1) is 25.4. The Morgan fingerprint density at radius 2 is 1.79 bits per heavy atom. The molecule has 8 heteroatoms. The van der Waals surface area contributed by atoms with E-state index in [4.69, 9.17) is 20.5 Å². The largest absolute Gasteiger partial charge is 0.498 e. The molecule has 3 heterocycles. The number of carbonyl (C=O) groups excluding carboxylic acids is 1. The summed E-state index contributed by atoms with van der Waals surface area (Å²) in [6.07, 6.45) is 1.38. The normalized spacial score (nSPS) is 19.2. The number of fused-ring (bicyclic) bond motifs is 1. The van der Waals surface area contributed by atoms with E-state index in [0.717, 1.165) is 5.56 Å². The summed E-state index contributed by atoms with van der Waals surface area (Å²) in [5.74, 6) is -0.00172. The van der Waals surface area contributed by atoms with E-state index in [1.807, 2.05) is 26.0 Å². The van der Waals surface area contributed by atoms with Gasteiger partial charge in [0.2, 0.25) is 5.69 Å². The lowest BCUT2D eigenvalue weighted by molar-refractivity contribution is -0.0558. The summed E-state index contributed by atoms with van der Waals surface area (Å²) in [6.45, 7) is 12.8. The van der Waals surface area contributed by atoms with Crippen molar-refractivity contribution in [1.82, 2.24) is 9.88 Å². The van der Waals surface area contributed by atoms with Crippen LogP contribution in [0.3, 0.4) is 0 Å². The fraction of sp³-hybridized carbons (Fsp3) is 0.300. The van der Waals surface area contributed by atoms with Gasteiger partial charge in [0, 0.05) is 54.9 Å². The number of halogens is 1. The van der Waals surface area contributed by atoms with Gasteiger partial charge in [-0.1, -0.05) is 26.0 Å². The zero-order valence-electron chi connectivity index (χ0n) is 21.7. The van der Waals surface area contributed by atoms with Gasteiger partial charge in [0.15, 0.2) is 17.1 Å². The van der Waals surface area contributed by atoms with Crippen molar-refractivity contribution in [3.8, 4) is 28.2 Å². The van der Waals surface area contributed by atoms with Gasteiger partial charge in [0.25, 0.3) is 5.91 Å². The maximum absolute atomic E-state index is 15.4. The number of amides is 1. The number of benzene rings is 2. The Hall–Kier alpha value is -4.22. The molecule has 0 saturated carbocycles. The van der Waals surface area contributed by atoms with Crippen molar-refractivity contribution in [3.63, 3.8) is 0 Å². The molecule has 0 aliphatic carbocycles. The van der Waals surface area contributed by atoms with Crippen molar-refractivity contribution in [1.29, 1.82) is 0 Å². The predicted molar refractivity (Wildman–Crippen MR) is 143 cm³/mol. The zero-order chi connectivity index (χ0) is 27.0. The maximum atomic E-state index is 15.4. The van der Waals surface area contributed by atoms with Gasteiger partial charge in [-0.15, -0.1) is 0 Å². The summed E-state index contributed by atoms with van der Waals surface area (Å²) in [6, 6.07) is 13.7. The summed E-state index contributed by atoms with van der Waals surface area (Å²) in [5.41, 5.74) is 3.64. The Bertz CT molecular complexity index is 1530. The first-order valence-electron chi connectivity index (χ1n) is 12.4. The molecule has 1 aliphatic heterocycles. The SMILES string of the molecule is [C-]#[N+]c1cc(-c2ccnc3cc(-c4ccc(C(=O)N(C)C)cc4)oc23)cc(F)c1OC1C(C)COCC1C. The third kappa shape index (κ3) is 4.73. The van der Waals surface area contributed by atoms with Crippen molar-refractivity contribution < 1.29 is 23.1 Å². The predicted octanol–water partition coefficient (Wildman–Crippen LogP) is 6.60. The molecule has 38 heavy (non-hydrogen) atoms. The van der Waals surface area contributed by atoms with E-state index in [1.165, 1.54) is 11.0 Å². The van der Waals surface area contributed by atoms with Crippen LogP contribution in [0.15, 0.2) is 59.1 Å². The molecule has 2 unspecified atom stereocenters. The Morgan fingerprint density at radius 1 is 1.08 bits per heavy atom. The summed E-state index contributed by atoms with van der Waals surface area (Å²) in [7, 11) is 3.41. The average Bonchev–Trinajstić information content (AvgIpc) is 3.35. The smallest absolute Gasteiger partial charge is 0.253 e. The molecular weight excluding hydrogens is 485 g/mol. The van der Waals surface area contributed by atoms with Crippen molar-refractivity contribution in [3.05, 3.63) is 77.5 Å². The molecule has 0 bridgehead atoms. The molecular formula is C30H28FN3O4. The fourth-order valence-electron chi connectivity index (χ4n) is 4.84. The molecule has 1 amide bonds. The Balaban J connectivity index is 1.50. The lowest BCUT2D eigenvalue weighted by Gasteiger charge is -2.35. The number of pyridine rings is 1. The lowest BCUT2D eigenvalue weighted by Crippen LogP contribution is -2.41. The minimum absolute atomic E-state index is 0.0351. The summed E-state index contributed by atoms with van der Waals surface area (Å²) in [4.78, 5) is 21.7. The van der Waals surface area contributed by atoms with Gasteiger partial charge in [-0.05, 0) is 35.9 Å². The standard InChI is InChI=1S/C30H28FN3O4/c1-17-15-36-16-18(2)27(17)38-29-23(31)12-21(13-24(29)32-3)22-10-11-33-25-14-26(37-28(22)25)19-6-8-20(9-7-19)30(35)34(4)5/h6-14,17-18,27H,15-16H2,1-2,4-5H3. The summed E-state index contributed by atoms with van der Waals surface area (Å²) >= 11 is 0. The van der Waals surface area contributed by atoms with Crippen LogP contribution in [0.4, 0.5) is 10.1 Å². The second-order valence-corrected chi connectivity index (χ2v) is 9.95. The minimum Gasteiger partial charge on any atom is -0.498 e. The van der Waals surface area contributed by atoms with Crippen LogP contribution < -0.4 is 4.74 Å². The number of ether oxygens (including phenoxy) is 2. The van der Waals surface area contributed by atoms with E-state index in [0.29, 0.717) is 46.8 Å². The number of furan rings is 1. The molecule has 194 valence electrons. The molecule has 1 saturated heterocycles. The first-order chi connectivity index (χ1) is 18.3. The van der Waals surface area contributed by atoms with Gasteiger partial charge < -0.3 is 18.8 Å². The van der Waals surface area contributed by atoms with E-state index >= 15 is 4.39 Å². The van der Waals surface area contributed by atoms with Gasteiger partial charge in [-0.25, -0.2) is 9.24 Å². The van der Waals surface area contributed by atoms with Crippen LogP contribution in [-0.4, -0.2) is 49.2 Å². The molecule has 2 aromatic heterocycles. The zero-order valence-corrected chi connectivity index (χ0v) is 21.7.